The lowest BCUT2D eigenvalue weighted by molar-refractivity contribution is -0.137. The minimum absolute atomic E-state index is 0.00859. The number of aliphatic hydroxyl groups excluding tert-OH is 1. The summed E-state index contributed by atoms with van der Waals surface area (Å²) in [4.78, 5) is 11.7. The first kappa shape index (κ1) is 17.5. The van der Waals surface area contributed by atoms with Crippen LogP contribution in [0.15, 0.2) is 24.3 Å². The van der Waals surface area contributed by atoms with Gasteiger partial charge in [-0.15, -0.1) is 0 Å². The minimum Gasteiger partial charge on any atom is -0.455 e. The van der Waals surface area contributed by atoms with Crippen LogP contribution >= 0.6 is 31.9 Å². The maximum atomic E-state index is 12.4. The van der Waals surface area contributed by atoms with Crippen LogP contribution in [0, 0.1) is 0 Å². The molecule has 2 atom stereocenters. The number of ether oxygens (including phenoxy) is 1. The van der Waals surface area contributed by atoms with E-state index in [1.54, 1.807) is 0 Å². The maximum Gasteiger partial charge on any atom is 0.416 e. The van der Waals surface area contributed by atoms with Crippen molar-refractivity contribution in [3.05, 3.63) is 35.4 Å². The molecule has 8 heteroatoms. The number of benzene rings is 1. The molecule has 0 heterocycles. The highest BCUT2D eigenvalue weighted by molar-refractivity contribution is 9.09. The van der Waals surface area contributed by atoms with Gasteiger partial charge in [-0.2, -0.15) is 13.2 Å². The number of carbonyl (C=O) groups is 1. The van der Waals surface area contributed by atoms with Crippen molar-refractivity contribution in [3.8, 4) is 0 Å². The fourth-order valence-electron chi connectivity index (χ4n) is 1.31. The summed E-state index contributed by atoms with van der Waals surface area (Å²) in [7, 11) is 0. The van der Waals surface area contributed by atoms with E-state index >= 15 is 0 Å². The molecule has 0 saturated carbocycles. The molecule has 0 aliphatic heterocycles. The number of hydrogen-bond acceptors (Lipinski definition) is 3. The molecule has 3 nitrogen and oxygen atoms in total. The number of halogens is 5. The van der Waals surface area contributed by atoms with E-state index < -0.39 is 29.9 Å². The summed E-state index contributed by atoms with van der Waals surface area (Å²) in [6.45, 7) is 0. The zero-order valence-corrected chi connectivity index (χ0v) is 13.2. The fourth-order valence-corrected chi connectivity index (χ4v) is 2.29. The van der Waals surface area contributed by atoms with Gasteiger partial charge in [-0.25, -0.2) is 4.79 Å². The number of rotatable bonds is 5. The van der Waals surface area contributed by atoms with Crippen LogP contribution in [0.2, 0.25) is 0 Å². The molecular weight excluding hydrogens is 409 g/mol. The maximum absolute atomic E-state index is 12.4. The summed E-state index contributed by atoms with van der Waals surface area (Å²) in [5.41, 5.74) is -0.850. The van der Waals surface area contributed by atoms with Crippen LogP contribution in [0.25, 0.3) is 0 Å². The second-order valence-corrected chi connectivity index (χ2v) is 5.19. The van der Waals surface area contributed by atoms with Crippen molar-refractivity contribution in [2.45, 2.75) is 18.4 Å². The summed E-state index contributed by atoms with van der Waals surface area (Å²) in [6.07, 6.45) is -6.15. The fraction of sp³-hybridized carbons (Fsp3) is 0.417. The van der Waals surface area contributed by atoms with Gasteiger partial charge in [-0.05, 0) is 24.3 Å². The van der Waals surface area contributed by atoms with Gasteiger partial charge in [0, 0.05) is 10.7 Å². The Morgan fingerprint density at radius 2 is 1.75 bits per heavy atom. The van der Waals surface area contributed by atoms with E-state index in [0.717, 1.165) is 24.3 Å². The Balaban J connectivity index is 2.78. The monoisotopic (exact) mass is 418 g/mol. The highest BCUT2D eigenvalue weighted by Gasteiger charge is 2.30. The molecule has 0 amide bonds. The SMILES string of the molecule is O=C(O[C@@H](CBr)[C@@H](O)CBr)c1ccc(C(F)(F)F)cc1. The lowest BCUT2D eigenvalue weighted by Crippen LogP contribution is -2.33. The normalized spacial score (nSPS) is 14.7. The van der Waals surface area contributed by atoms with Crippen molar-refractivity contribution in [3.63, 3.8) is 0 Å². The molecule has 20 heavy (non-hydrogen) atoms. The first-order chi connectivity index (χ1) is 9.29. The zero-order valence-electron chi connectivity index (χ0n) is 10.0. The van der Waals surface area contributed by atoms with Gasteiger partial charge in [0.2, 0.25) is 0 Å². The van der Waals surface area contributed by atoms with E-state index in [9.17, 15) is 23.1 Å². The van der Waals surface area contributed by atoms with Gasteiger partial charge in [0.05, 0.1) is 11.1 Å². The summed E-state index contributed by atoms with van der Waals surface area (Å²) in [5.74, 6) is -0.789. The molecule has 1 N–H and O–H groups in total. The van der Waals surface area contributed by atoms with E-state index in [1.165, 1.54) is 0 Å². The smallest absolute Gasteiger partial charge is 0.416 e. The molecule has 1 rings (SSSR count). The summed E-state index contributed by atoms with van der Waals surface area (Å²) < 4.78 is 42.1. The second-order valence-electron chi connectivity index (χ2n) is 3.89. The van der Waals surface area contributed by atoms with Crippen LogP contribution in [-0.4, -0.2) is 33.9 Å². The van der Waals surface area contributed by atoms with E-state index in [4.69, 9.17) is 4.74 Å². The van der Waals surface area contributed by atoms with Gasteiger partial charge in [0.25, 0.3) is 0 Å². The predicted molar refractivity (Wildman–Crippen MR) is 74.2 cm³/mol. The van der Waals surface area contributed by atoms with Crippen LogP contribution < -0.4 is 0 Å². The quantitative estimate of drug-likeness (QED) is 0.587. The Hall–Kier alpha value is -0.600. The average Bonchev–Trinajstić information content (AvgIpc) is 2.42. The molecule has 0 fully saturated rings. The van der Waals surface area contributed by atoms with Crippen molar-refractivity contribution >= 4 is 37.8 Å². The molecular formula is C12H11Br2F3O3. The molecule has 0 aliphatic rings. The topological polar surface area (TPSA) is 46.5 Å². The molecule has 0 aromatic heterocycles. The van der Waals surface area contributed by atoms with Crippen LogP contribution in [-0.2, 0) is 10.9 Å². The molecule has 0 unspecified atom stereocenters. The standard InChI is InChI=1S/C12H11Br2F3O3/c13-5-9(18)10(6-14)20-11(19)7-1-3-8(4-2-7)12(15,16)17/h1-4,9-10,18H,5-6H2/t9-,10-/m0/s1. The third-order valence-corrected chi connectivity index (χ3v) is 3.75. The molecule has 0 radical (unpaired) electrons. The van der Waals surface area contributed by atoms with Gasteiger partial charge in [0.1, 0.15) is 12.2 Å². The minimum atomic E-state index is -4.45. The third-order valence-electron chi connectivity index (χ3n) is 2.45. The predicted octanol–water partition coefficient (Wildman–Crippen LogP) is 3.38. The number of esters is 1. The Bertz CT molecular complexity index is 448. The van der Waals surface area contributed by atoms with Gasteiger partial charge in [0.15, 0.2) is 0 Å². The first-order valence-electron chi connectivity index (χ1n) is 5.47. The van der Waals surface area contributed by atoms with E-state index in [-0.39, 0.29) is 16.2 Å². The Kier molecular flexibility index (Phi) is 6.47. The highest BCUT2D eigenvalue weighted by atomic mass is 79.9. The number of alkyl halides is 5. The molecule has 1 aromatic rings. The zero-order chi connectivity index (χ0) is 15.3. The number of aliphatic hydroxyl groups is 1. The van der Waals surface area contributed by atoms with Crippen LogP contribution in [0.1, 0.15) is 15.9 Å². The Morgan fingerprint density at radius 3 is 2.15 bits per heavy atom. The second kappa shape index (κ2) is 7.42. The highest BCUT2D eigenvalue weighted by Crippen LogP contribution is 2.29. The summed E-state index contributed by atoms with van der Waals surface area (Å²) >= 11 is 6.14. The third kappa shape index (κ3) is 4.75. The van der Waals surface area contributed by atoms with Crippen molar-refractivity contribution in [1.82, 2.24) is 0 Å². The first-order valence-corrected chi connectivity index (χ1v) is 7.72. The van der Waals surface area contributed by atoms with E-state index in [0.29, 0.717) is 0 Å². The molecule has 0 saturated heterocycles. The van der Waals surface area contributed by atoms with Crippen molar-refractivity contribution in [1.29, 1.82) is 0 Å². The van der Waals surface area contributed by atoms with Gasteiger partial charge in [-0.3, -0.25) is 0 Å². The van der Waals surface area contributed by atoms with Crippen molar-refractivity contribution < 1.29 is 27.8 Å². The van der Waals surface area contributed by atoms with Crippen LogP contribution in [0.3, 0.4) is 0 Å². The summed E-state index contributed by atoms with van der Waals surface area (Å²) in [6, 6.07) is 3.69. The molecule has 0 spiro atoms. The Morgan fingerprint density at radius 1 is 1.20 bits per heavy atom. The van der Waals surface area contributed by atoms with Gasteiger partial charge >= 0.3 is 12.1 Å². The molecule has 0 aliphatic carbocycles. The van der Waals surface area contributed by atoms with Crippen molar-refractivity contribution in [2.24, 2.45) is 0 Å². The van der Waals surface area contributed by atoms with Gasteiger partial charge < -0.3 is 9.84 Å². The molecule has 1 aromatic carbocycles. The summed E-state index contributed by atoms with van der Waals surface area (Å²) in [5, 5.41) is 9.99. The number of hydrogen-bond donors (Lipinski definition) is 1. The van der Waals surface area contributed by atoms with E-state index in [2.05, 4.69) is 31.9 Å². The average molecular weight is 420 g/mol. The molecule has 112 valence electrons. The lowest BCUT2D eigenvalue weighted by atomic mass is 10.1. The Labute approximate surface area is 130 Å². The molecule has 0 bridgehead atoms. The lowest BCUT2D eigenvalue weighted by Gasteiger charge is -2.19. The van der Waals surface area contributed by atoms with Crippen LogP contribution in [0.5, 0.6) is 0 Å². The van der Waals surface area contributed by atoms with Crippen LogP contribution in [0.4, 0.5) is 13.2 Å². The van der Waals surface area contributed by atoms with Gasteiger partial charge in [-0.1, -0.05) is 31.9 Å². The van der Waals surface area contributed by atoms with E-state index in [1.807, 2.05) is 0 Å². The largest absolute Gasteiger partial charge is 0.455 e. The number of carbonyl (C=O) groups excluding carboxylic acids is 1. The van der Waals surface area contributed by atoms with Crippen molar-refractivity contribution in [2.75, 3.05) is 10.7 Å².